The Hall–Kier alpha value is -1.61. The molecule has 0 aliphatic carbocycles. The molecule has 0 aliphatic rings. The molecule has 0 saturated heterocycles. The van der Waals surface area contributed by atoms with Gasteiger partial charge in [-0.1, -0.05) is 11.6 Å². The number of sulfonamides is 1. The summed E-state index contributed by atoms with van der Waals surface area (Å²) in [4.78, 5) is 0. The predicted octanol–water partition coefficient (Wildman–Crippen LogP) is 3.38. The topological polar surface area (TPSA) is 77.1 Å². The first kappa shape index (κ1) is 17.2. The van der Waals surface area contributed by atoms with Crippen LogP contribution in [0.5, 0.6) is 0 Å². The average molecular weight is 386 g/mol. The van der Waals surface area contributed by atoms with Gasteiger partial charge in [-0.05, 0) is 44.2 Å². The molecule has 6 nitrogen and oxygen atoms in total. The number of hydrogen-bond acceptors (Lipinski definition) is 5. The summed E-state index contributed by atoms with van der Waals surface area (Å²) in [5.74, 6) is 0.633. The standard InChI is InChI=1S/C15H16ClN3O3S2/c1-10-8-11(2)19(18-10)12(13-4-3-7-22-13)9-17-24(20,21)15-6-5-14(16)23-15/h3-8,12,17H,9H2,1-2H3. The molecule has 0 amide bonds. The van der Waals surface area contributed by atoms with Crippen molar-refractivity contribution in [2.45, 2.75) is 24.1 Å². The Bertz CT molecular complexity index is 929. The molecule has 1 N–H and O–H groups in total. The van der Waals surface area contributed by atoms with Gasteiger partial charge in [0.2, 0.25) is 10.0 Å². The van der Waals surface area contributed by atoms with E-state index in [1.165, 1.54) is 6.07 Å². The van der Waals surface area contributed by atoms with E-state index in [4.69, 9.17) is 16.0 Å². The van der Waals surface area contributed by atoms with Crippen LogP contribution >= 0.6 is 22.9 Å². The molecule has 128 valence electrons. The summed E-state index contributed by atoms with van der Waals surface area (Å²) in [7, 11) is -3.64. The lowest BCUT2D eigenvalue weighted by atomic mass is 10.2. The van der Waals surface area contributed by atoms with Gasteiger partial charge < -0.3 is 4.42 Å². The highest BCUT2D eigenvalue weighted by molar-refractivity contribution is 7.91. The van der Waals surface area contributed by atoms with Gasteiger partial charge in [0.05, 0.1) is 16.3 Å². The molecule has 0 fully saturated rings. The zero-order valence-electron chi connectivity index (χ0n) is 13.1. The highest BCUT2D eigenvalue weighted by atomic mass is 35.5. The molecule has 1 unspecified atom stereocenters. The predicted molar refractivity (Wildman–Crippen MR) is 93.1 cm³/mol. The molecule has 0 aliphatic heterocycles. The van der Waals surface area contributed by atoms with E-state index in [0.717, 1.165) is 22.7 Å². The quantitative estimate of drug-likeness (QED) is 0.705. The van der Waals surface area contributed by atoms with Gasteiger partial charge in [0, 0.05) is 12.2 Å². The minimum absolute atomic E-state index is 0.118. The van der Waals surface area contributed by atoms with Crippen LogP contribution in [-0.4, -0.2) is 24.7 Å². The SMILES string of the molecule is Cc1cc(C)n(C(CNS(=O)(=O)c2ccc(Cl)s2)c2ccco2)n1. The third-order valence-electron chi connectivity index (χ3n) is 3.49. The van der Waals surface area contributed by atoms with E-state index in [2.05, 4.69) is 9.82 Å². The molecule has 0 saturated carbocycles. The van der Waals surface area contributed by atoms with Gasteiger partial charge in [0.25, 0.3) is 0 Å². The highest BCUT2D eigenvalue weighted by Crippen LogP contribution is 2.26. The van der Waals surface area contributed by atoms with E-state index in [9.17, 15) is 8.42 Å². The number of rotatable bonds is 6. The first-order valence-corrected chi connectivity index (χ1v) is 9.86. The van der Waals surface area contributed by atoms with E-state index in [-0.39, 0.29) is 16.8 Å². The molecule has 3 heterocycles. The van der Waals surface area contributed by atoms with Crippen LogP contribution in [-0.2, 0) is 10.0 Å². The monoisotopic (exact) mass is 385 g/mol. The number of furan rings is 1. The Morgan fingerprint density at radius 2 is 2.17 bits per heavy atom. The van der Waals surface area contributed by atoms with Crippen molar-refractivity contribution in [2.24, 2.45) is 0 Å². The van der Waals surface area contributed by atoms with Crippen molar-refractivity contribution in [2.75, 3.05) is 6.54 Å². The number of thiophene rings is 1. The maximum atomic E-state index is 12.4. The zero-order valence-corrected chi connectivity index (χ0v) is 15.5. The lowest BCUT2D eigenvalue weighted by Crippen LogP contribution is -2.31. The number of nitrogens with one attached hydrogen (secondary N) is 1. The van der Waals surface area contributed by atoms with Crippen molar-refractivity contribution in [1.29, 1.82) is 0 Å². The first-order valence-electron chi connectivity index (χ1n) is 7.18. The fourth-order valence-corrected chi connectivity index (χ4v) is 5.02. The molecule has 0 bridgehead atoms. The summed E-state index contributed by atoms with van der Waals surface area (Å²) in [6.45, 7) is 3.93. The Morgan fingerprint density at radius 1 is 1.38 bits per heavy atom. The third kappa shape index (κ3) is 3.56. The van der Waals surface area contributed by atoms with Crippen LogP contribution in [0.4, 0.5) is 0 Å². The van der Waals surface area contributed by atoms with Gasteiger partial charge in [0.1, 0.15) is 16.0 Å². The maximum absolute atomic E-state index is 12.4. The van der Waals surface area contributed by atoms with Gasteiger partial charge >= 0.3 is 0 Å². The summed E-state index contributed by atoms with van der Waals surface area (Å²) >= 11 is 6.84. The van der Waals surface area contributed by atoms with Crippen LogP contribution in [0.25, 0.3) is 0 Å². The van der Waals surface area contributed by atoms with E-state index >= 15 is 0 Å². The third-order valence-corrected chi connectivity index (χ3v) is 6.64. The molecule has 3 aromatic rings. The molecule has 3 aromatic heterocycles. The van der Waals surface area contributed by atoms with Gasteiger partial charge in [-0.15, -0.1) is 11.3 Å². The fraction of sp³-hybridized carbons (Fsp3) is 0.267. The smallest absolute Gasteiger partial charge is 0.250 e. The number of aromatic nitrogens is 2. The largest absolute Gasteiger partial charge is 0.467 e. The van der Waals surface area contributed by atoms with E-state index in [1.54, 1.807) is 29.1 Å². The number of hydrogen-bond donors (Lipinski definition) is 1. The van der Waals surface area contributed by atoms with Crippen molar-refractivity contribution in [3.05, 3.63) is 58.1 Å². The van der Waals surface area contributed by atoms with Crippen LogP contribution in [0, 0.1) is 13.8 Å². The second-order valence-corrected chi connectivity index (χ2v) is 9.02. The van der Waals surface area contributed by atoms with Crippen LogP contribution < -0.4 is 4.72 Å². The van der Waals surface area contributed by atoms with Crippen LogP contribution in [0.3, 0.4) is 0 Å². The van der Waals surface area contributed by atoms with Crippen molar-refractivity contribution in [1.82, 2.24) is 14.5 Å². The Balaban J connectivity index is 1.87. The van der Waals surface area contributed by atoms with Crippen LogP contribution in [0.15, 0.2) is 45.2 Å². The van der Waals surface area contributed by atoms with Crippen molar-refractivity contribution < 1.29 is 12.8 Å². The Morgan fingerprint density at radius 3 is 2.71 bits per heavy atom. The molecular formula is C15H16ClN3O3S2. The van der Waals surface area contributed by atoms with Gasteiger partial charge in [-0.2, -0.15) is 5.10 Å². The van der Waals surface area contributed by atoms with E-state index in [0.29, 0.717) is 10.1 Å². The molecule has 0 aromatic carbocycles. The summed E-state index contributed by atoms with van der Waals surface area (Å²) in [6, 6.07) is 8.17. The molecule has 0 spiro atoms. The molecule has 1 atom stereocenters. The van der Waals surface area contributed by atoms with Gasteiger partial charge in [-0.3, -0.25) is 4.68 Å². The number of aryl methyl sites for hydroxylation is 2. The summed E-state index contributed by atoms with van der Waals surface area (Å²) < 4.78 is 35.3. The summed E-state index contributed by atoms with van der Waals surface area (Å²) in [5, 5.41) is 4.45. The lowest BCUT2D eigenvalue weighted by molar-refractivity contribution is 0.397. The highest BCUT2D eigenvalue weighted by Gasteiger charge is 2.24. The van der Waals surface area contributed by atoms with Gasteiger partial charge in [-0.25, -0.2) is 13.1 Å². The molecule has 24 heavy (non-hydrogen) atoms. The van der Waals surface area contributed by atoms with E-state index < -0.39 is 10.0 Å². The number of nitrogens with zero attached hydrogens (tertiary/aromatic N) is 2. The maximum Gasteiger partial charge on any atom is 0.250 e. The molecular weight excluding hydrogens is 370 g/mol. The Kier molecular flexibility index (Phi) is 4.82. The second-order valence-electron chi connectivity index (χ2n) is 5.31. The van der Waals surface area contributed by atoms with Crippen molar-refractivity contribution in [3.63, 3.8) is 0 Å². The molecule has 3 rings (SSSR count). The molecule has 0 radical (unpaired) electrons. The average Bonchev–Trinajstić information content (AvgIpc) is 3.22. The zero-order chi connectivity index (χ0) is 17.3. The van der Waals surface area contributed by atoms with Crippen molar-refractivity contribution >= 4 is 33.0 Å². The summed E-state index contributed by atoms with van der Waals surface area (Å²) in [6.07, 6.45) is 1.56. The summed E-state index contributed by atoms with van der Waals surface area (Å²) in [5.41, 5.74) is 1.78. The first-order chi connectivity index (χ1) is 11.4. The normalized spacial score (nSPS) is 13.3. The van der Waals surface area contributed by atoms with Crippen molar-refractivity contribution in [3.8, 4) is 0 Å². The van der Waals surface area contributed by atoms with Crippen LogP contribution in [0.1, 0.15) is 23.2 Å². The minimum Gasteiger partial charge on any atom is -0.467 e. The van der Waals surface area contributed by atoms with Crippen LogP contribution in [0.2, 0.25) is 4.34 Å². The molecule has 9 heteroatoms. The second kappa shape index (κ2) is 6.72. The van der Waals surface area contributed by atoms with Gasteiger partial charge in [0.15, 0.2) is 0 Å². The fourth-order valence-electron chi connectivity index (χ4n) is 2.45. The Labute approximate surface area is 149 Å². The van der Waals surface area contributed by atoms with E-state index in [1.807, 2.05) is 19.9 Å². The lowest BCUT2D eigenvalue weighted by Gasteiger charge is -2.17. The number of halogens is 1. The minimum atomic E-state index is -3.64.